The number of benzene rings is 1. The molecule has 2 heterocycles. The highest BCUT2D eigenvalue weighted by Crippen LogP contribution is 2.38. The van der Waals surface area contributed by atoms with Crippen LogP contribution in [0, 0.1) is 0 Å². The molecule has 110 valence electrons. The molecule has 1 aromatic carbocycles. The van der Waals surface area contributed by atoms with E-state index in [0.29, 0.717) is 0 Å². The van der Waals surface area contributed by atoms with E-state index in [4.69, 9.17) is 14.5 Å². The Morgan fingerprint density at radius 3 is 2.55 bits per heavy atom. The van der Waals surface area contributed by atoms with Crippen LogP contribution in [0.1, 0.15) is 31.2 Å². The molecule has 0 spiro atoms. The van der Waals surface area contributed by atoms with Gasteiger partial charge in [0.15, 0.2) is 11.5 Å². The molecule has 20 heavy (non-hydrogen) atoms. The van der Waals surface area contributed by atoms with Crippen molar-refractivity contribution in [1.29, 1.82) is 0 Å². The summed E-state index contributed by atoms with van der Waals surface area (Å²) in [5, 5.41) is 0. The van der Waals surface area contributed by atoms with Crippen LogP contribution in [0.5, 0.6) is 11.5 Å². The summed E-state index contributed by atoms with van der Waals surface area (Å²) < 4.78 is 10.7. The SMILES string of the molecule is COc1cc2c(cc1OC)N=C1CCCCCN1C2.Cl. The molecule has 0 bridgehead atoms. The number of nitrogens with zero attached hydrogens (tertiary/aromatic N) is 2. The van der Waals surface area contributed by atoms with Crippen LogP contribution < -0.4 is 9.47 Å². The number of halogens is 1. The van der Waals surface area contributed by atoms with Crippen LogP contribution >= 0.6 is 12.4 Å². The van der Waals surface area contributed by atoms with Crippen LogP contribution in [0.4, 0.5) is 5.69 Å². The van der Waals surface area contributed by atoms with E-state index in [1.807, 2.05) is 6.07 Å². The summed E-state index contributed by atoms with van der Waals surface area (Å²) in [6.45, 7) is 2.06. The number of hydrogen-bond acceptors (Lipinski definition) is 4. The van der Waals surface area contributed by atoms with Gasteiger partial charge in [0, 0.05) is 31.1 Å². The summed E-state index contributed by atoms with van der Waals surface area (Å²) in [4.78, 5) is 7.22. The predicted molar refractivity (Wildman–Crippen MR) is 82.8 cm³/mol. The van der Waals surface area contributed by atoms with E-state index < -0.39 is 0 Å². The van der Waals surface area contributed by atoms with Crippen molar-refractivity contribution < 1.29 is 9.47 Å². The largest absolute Gasteiger partial charge is 0.493 e. The Labute approximate surface area is 126 Å². The van der Waals surface area contributed by atoms with Crippen molar-refractivity contribution in [2.45, 2.75) is 32.2 Å². The van der Waals surface area contributed by atoms with E-state index in [0.717, 1.165) is 36.7 Å². The first-order valence-corrected chi connectivity index (χ1v) is 6.89. The summed E-state index contributed by atoms with van der Waals surface area (Å²) in [6.07, 6.45) is 4.91. The zero-order chi connectivity index (χ0) is 13.2. The van der Waals surface area contributed by atoms with Crippen LogP contribution in [-0.2, 0) is 6.54 Å². The number of rotatable bonds is 2. The molecule has 0 atom stereocenters. The van der Waals surface area contributed by atoms with Crippen molar-refractivity contribution >= 4 is 23.9 Å². The normalized spacial score (nSPS) is 17.1. The van der Waals surface area contributed by atoms with Gasteiger partial charge in [0.05, 0.1) is 19.9 Å². The minimum absolute atomic E-state index is 0. The van der Waals surface area contributed by atoms with Crippen molar-refractivity contribution in [2.24, 2.45) is 4.99 Å². The van der Waals surface area contributed by atoms with Gasteiger partial charge in [0.25, 0.3) is 0 Å². The molecule has 2 aliphatic heterocycles. The summed E-state index contributed by atoms with van der Waals surface area (Å²) in [5.74, 6) is 2.78. The van der Waals surface area contributed by atoms with Crippen LogP contribution in [0.15, 0.2) is 17.1 Å². The minimum atomic E-state index is 0. The van der Waals surface area contributed by atoms with Crippen LogP contribution in [0.3, 0.4) is 0 Å². The Kier molecular flexibility index (Phi) is 4.76. The van der Waals surface area contributed by atoms with Gasteiger partial charge in [-0.15, -0.1) is 12.4 Å². The molecule has 0 aliphatic carbocycles. The smallest absolute Gasteiger partial charge is 0.162 e. The first-order chi connectivity index (χ1) is 9.31. The average molecular weight is 297 g/mol. The molecule has 5 heteroatoms. The number of hydrogen-bond donors (Lipinski definition) is 0. The monoisotopic (exact) mass is 296 g/mol. The number of ether oxygens (including phenoxy) is 2. The Bertz CT molecular complexity index is 517. The standard InChI is InChI=1S/C15H20N2O2.ClH/c1-18-13-8-11-10-17-7-5-3-4-6-15(17)16-12(11)9-14(13)19-2;/h8-9H,3-7,10H2,1-2H3;1H. The lowest BCUT2D eigenvalue weighted by atomic mass is 10.1. The fraction of sp³-hybridized carbons (Fsp3) is 0.533. The molecule has 0 saturated carbocycles. The van der Waals surface area contributed by atoms with Gasteiger partial charge in [-0.1, -0.05) is 6.42 Å². The molecule has 0 N–H and O–H groups in total. The maximum atomic E-state index is 5.37. The van der Waals surface area contributed by atoms with Crippen molar-refractivity contribution in [1.82, 2.24) is 4.90 Å². The van der Waals surface area contributed by atoms with Crippen molar-refractivity contribution in [3.05, 3.63) is 17.7 Å². The molecular weight excluding hydrogens is 276 g/mol. The highest BCUT2D eigenvalue weighted by atomic mass is 35.5. The lowest BCUT2D eigenvalue weighted by Gasteiger charge is -2.29. The van der Waals surface area contributed by atoms with Crippen LogP contribution in [0.2, 0.25) is 0 Å². The number of methoxy groups -OCH3 is 2. The Morgan fingerprint density at radius 1 is 1.05 bits per heavy atom. The van der Waals surface area contributed by atoms with E-state index in [-0.39, 0.29) is 12.4 Å². The van der Waals surface area contributed by atoms with Gasteiger partial charge in [-0.3, -0.25) is 0 Å². The number of fused-ring (bicyclic) bond motifs is 2. The zero-order valence-electron chi connectivity index (χ0n) is 12.0. The summed E-state index contributed by atoms with van der Waals surface area (Å²) in [5.41, 5.74) is 2.26. The Hall–Kier alpha value is -1.42. The lowest BCUT2D eigenvalue weighted by Crippen LogP contribution is -2.32. The lowest BCUT2D eigenvalue weighted by molar-refractivity contribution is 0.352. The van der Waals surface area contributed by atoms with Gasteiger partial charge in [-0.25, -0.2) is 4.99 Å². The molecule has 0 radical (unpaired) electrons. The fourth-order valence-corrected chi connectivity index (χ4v) is 2.83. The highest BCUT2D eigenvalue weighted by molar-refractivity contribution is 5.87. The first-order valence-electron chi connectivity index (χ1n) is 6.89. The third-order valence-corrected chi connectivity index (χ3v) is 3.89. The molecule has 0 amide bonds. The summed E-state index contributed by atoms with van der Waals surface area (Å²) in [7, 11) is 3.34. The minimum Gasteiger partial charge on any atom is -0.493 e. The number of aliphatic imine (C=N–C) groups is 1. The molecule has 1 saturated heterocycles. The maximum Gasteiger partial charge on any atom is 0.162 e. The topological polar surface area (TPSA) is 34.1 Å². The second kappa shape index (κ2) is 6.35. The summed E-state index contributed by atoms with van der Waals surface area (Å²) in [6, 6.07) is 4.04. The van der Waals surface area contributed by atoms with Gasteiger partial charge >= 0.3 is 0 Å². The maximum absolute atomic E-state index is 5.37. The third kappa shape index (κ3) is 2.70. The van der Waals surface area contributed by atoms with E-state index >= 15 is 0 Å². The molecule has 3 rings (SSSR count). The molecule has 4 nitrogen and oxygen atoms in total. The Balaban J connectivity index is 0.00000147. The predicted octanol–water partition coefficient (Wildman–Crippen LogP) is 3.55. The van der Waals surface area contributed by atoms with Crippen molar-refractivity contribution in [2.75, 3.05) is 20.8 Å². The zero-order valence-corrected chi connectivity index (χ0v) is 12.8. The quantitative estimate of drug-likeness (QED) is 0.837. The van der Waals surface area contributed by atoms with Crippen LogP contribution in [-0.4, -0.2) is 31.5 Å². The second-order valence-corrected chi connectivity index (χ2v) is 5.10. The van der Waals surface area contributed by atoms with Gasteiger partial charge < -0.3 is 14.4 Å². The molecular formula is C15H21ClN2O2. The van der Waals surface area contributed by atoms with Gasteiger partial charge in [-0.05, 0) is 18.9 Å². The molecule has 2 aliphatic rings. The summed E-state index contributed by atoms with van der Waals surface area (Å²) >= 11 is 0. The Morgan fingerprint density at radius 2 is 1.80 bits per heavy atom. The van der Waals surface area contributed by atoms with Gasteiger partial charge in [-0.2, -0.15) is 0 Å². The van der Waals surface area contributed by atoms with Crippen molar-refractivity contribution in [3.63, 3.8) is 0 Å². The van der Waals surface area contributed by atoms with E-state index in [2.05, 4.69) is 11.0 Å². The van der Waals surface area contributed by atoms with Gasteiger partial charge in [0.2, 0.25) is 0 Å². The molecule has 1 aromatic rings. The first kappa shape index (κ1) is 15.0. The van der Waals surface area contributed by atoms with E-state index in [1.54, 1.807) is 14.2 Å². The average Bonchev–Trinajstić information content (AvgIpc) is 2.68. The molecule has 0 aromatic heterocycles. The third-order valence-electron chi connectivity index (χ3n) is 3.89. The molecule has 0 unspecified atom stereocenters. The number of amidine groups is 1. The van der Waals surface area contributed by atoms with E-state index in [1.165, 1.54) is 30.7 Å². The fourth-order valence-electron chi connectivity index (χ4n) is 2.83. The van der Waals surface area contributed by atoms with Crippen LogP contribution in [0.25, 0.3) is 0 Å². The second-order valence-electron chi connectivity index (χ2n) is 5.10. The van der Waals surface area contributed by atoms with Crippen molar-refractivity contribution in [3.8, 4) is 11.5 Å². The van der Waals surface area contributed by atoms with E-state index in [9.17, 15) is 0 Å². The van der Waals surface area contributed by atoms with Gasteiger partial charge in [0.1, 0.15) is 5.84 Å². The molecule has 1 fully saturated rings. The highest BCUT2D eigenvalue weighted by Gasteiger charge is 2.23.